The minimum atomic E-state index is 0.501. The van der Waals surface area contributed by atoms with Gasteiger partial charge in [0, 0.05) is 6.54 Å². The van der Waals surface area contributed by atoms with Gasteiger partial charge in [0.15, 0.2) is 5.96 Å². The maximum atomic E-state index is 5.70. The summed E-state index contributed by atoms with van der Waals surface area (Å²) in [4.78, 5) is 4.15. The van der Waals surface area contributed by atoms with Gasteiger partial charge < -0.3 is 11.1 Å². The Balaban J connectivity index is 2.16. The molecule has 1 aromatic rings. The fourth-order valence-corrected chi connectivity index (χ4v) is 1.43. The zero-order chi connectivity index (χ0) is 12.5. The first-order valence-electron chi connectivity index (χ1n) is 5.90. The molecule has 0 atom stereocenters. The lowest BCUT2D eigenvalue weighted by Gasteiger charge is -2.05. The summed E-state index contributed by atoms with van der Waals surface area (Å²) >= 11 is 0. The van der Waals surface area contributed by atoms with Gasteiger partial charge >= 0.3 is 0 Å². The second kappa shape index (κ2) is 7.49. The number of hydrogen-bond donors (Lipinski definition) is 2. The number of hydrogen-bond acceptors (Lipinski definition) is 1. The topological polar surface area (TPSA) is 50.4 Å². The van der Waals surface area contributed by atoms with E-state index in [0.717, 1.165) is 25.0 Å². The molecule has 0 saturated carbocycles. The highest BCUT2D eigenvalue weighted by Gasteiger charge is 1.93. The molecule has 0 amide bonds. The minimum Gasteiger partial charge on any atom is -0.370 e. The van der Waals surface area contributed by atoms with Crippen molar-refractivity contribution >= 4 is 5.96 Å². The normalized spacial score (nSPS) is 11.2. The largest absolute Gasteiger partial charge is 0.370 e. The van der Waals surface area contributed by atoms with Crippen LogP contribution in [0.25, 0.3) is 0 Å². The molecule has 17 heavy (non-hydrogen) atoms. The van der Waals surface area contributed by atoms with Gasteiger partial charge in [-0.05, 0) is 25.3 Å². The maximum Gasteiger partial charge on any atom is 0.188 e. The van der Waals surface area contributed by atoms with E-state index in [0.29, 0.717) is 12.5 Å². The zero-order valence-corrected chi connectivity index (χ0v) is 10.4. The predicted octanol–water partition coefficient (Wildman–Crippen LogP) is 2.10. The molecule has 3 N–H and O–H groups in total. The molecular weight excluding hydrogens is 210 g/mol. The van der Waals surface area contributed by atoms with E-state index >= 15 is 0 Å². The third-order valence-electron chi connectivity index (χ3n) is 2.31. The summed E-state index contributed by atoms with van der Waals surface area (Å²) in [6.45, 7) is 7.15. The average Bonchev–Trinajstić information content (AvgIpc) is 2.33. The lowest BCUT2D eigenvalue weighted by atomic mass is 10.1. The third kappa shape index (κ3) is 6.40. The zero-order valence-electron chi connectivity index (χ0n) is 10.4. The van der Waals surface area contributed by atoms with Crippen LogP contribution in [-0.2, 0) is 6.42 Å². The highest BCUT2D eigenvalue weighted by molar-refractivity contribution is 5.77. The van der Waals surface area contributed by atoms with Crippen molar-refractivity contribution in [2.24, 2.45) is 10.7 Å². The number of rotatable bonds is 6. The average molecular weight is 231 g/mol. The fraction of sp³-hybridized carbons (Fsp3) is 0.357. The molecule has 0 aliphatic heterocycles. The molecule has 3 nitrogen and oxygen atoms in total. The molecule has 0 fully saturated rings. The molecule has 0 radical (unpaired) electrons. The second-order valence-electron chi connectivity index (χ2n) is 4.17. The van der Waals surface area contributed by atoms with Gasteiger partial charge in [0.1, 0.15) is 0 Å². The minimum absolute atomic E-state index is 0.501. The highest BCUT2D eigenvalue weighted by atomic mass is 15.1. The Morgan fingerprint density at radius 2 is 2.06 bits per heavy atom. The van der Waals surface area contributed by atoms with Crippen LogP contribution in [0.4, 0.5) is 0 Å². The highest BCUT2D eigenvalue weighted by Crippen LogP contribution is 2.01. The SMILES string of the molecule is C=C(C)CN=C(N)NCCCc1ccccc1. The predicted molar refractivity (Wildman–Crippen MR) is 74.1 cm³/mol. The molecular formula is C14H21N3. The molecule has 1 aromatic carbocycles. The lowest BCUT2D eigenvalue weighted by molar-refractivity contribution is 0.767. The molecule has 3 heteroatoms. The Bertz CT molecular complexity index is 368. The van der Waals surface area contributed by atoms with Crippen LogP contribution in [0, 0.1) is 0 Å². The number of nitrogens with zero attached hydrogens (tertiary/aromatic N) is 1. The van der Waals surface area contributed by atoms with Crippen LogP contribution in [0.15, 0.2) is 47.5 Å². The Morgan fingerprint density at radius 3 is 2.71 bits per heavy atom. The molecule has 1 rings (SSSR count). The Labute approximate surface area is 103 Å². The summed E-state index contributed by atoms with van der Waals surface area (Å²) in [6.07, 6.45) is 2.11. The van der Waals surface area contributed by atoms with E-state index in [-0.39, 0.29) is 0 Å². The molecule has 0 bridgehead atoms. The number of aryl methyl sites for hydroxylation is 1. The van der Waals surface area contributed by atoms with E-state index < -0.39 is 0 Å². The fourth-order valence-electron chi connectivity index (χ4n) is 1.43. The van der Waals surface area contributed by atoms with Gasteiger partial charge in [0.05, 0.1) is 6.54 Å². The summed E-state index contributed by atoms with van der Waals surface area (Å²) in [6, 6.07) is 10.4. The van der Waals surface area contributed by atoms with Crippen molar-refractivity contribution in [3.63, 3.8) is 0 Å². The van der Waals surface area contributed by atoms with Gasteiger partial charge in [-0.25, -0.2) is 4.99 Å². The first-order valence-corrected chi connectivity index (χ1v) is 5.90. The van der Waals surface area contributed by atoms with Gasteiger partial charge in [-0.1, -0.05) is 42.5 Å². The number of guanidine groups is 1. The van der Waals surface area contributed by atoms with Crippen LogP contribution in [0.5, 0.6) is 0 Å². The van der Waals surface area contributed by atoms with Crippen LogP contribution in [0.2, 0.25) is 0 Å². The first-order chi connectivity index (χ1) is 8.18. The molecule has 0 aliphatic carbocycles. The second-order valence-corrected chi connectivity index (χ2v) is 4.17. The van der Waals surface area contributed by atoms with Gasteiger partial charge in [-0.2, -0.15) is 0 Å². The molecule has 0 aliphatic rings. The lowest BCUT2D eigenvalue weighted by Crippen LogP contribution is -2.32. The molecule has 0 heterocycles. The number of nitrogens with two attached hydrogens (primary N) is 1. The molecule has 0 unspecified atom stereocenters. The number of benzene rings is 1. The van der Waals surface area contributed by atoms with Crippen LogP contribution in [-0.4, -0.2) is 19.0 Å². The maximum absolute atomic E-state index is 5.70. The van der Waals surface area contributed by atoms with Crippen molar-refractivity contribution in [1.29, 1.82) is 0 Å². The third-order valence-corrected chi connectivity index (χ3v) is 2.31. The monoisotopic (exact) mass is 231 g/mol. The summed E-state index contributed by atoms with van der Waals surface area (Å²) < 4.78 is 0. The Morgan fingerprint density at radius 1 is 1.35 bits per heavy atom. The Kier molecular flexibility index (Phi) is 5.86. The molecule has 92 valence electrons. The summed E-state index contributed by atoms with van der Waals surface area (Å²) in [7, 11) is 0. The standard InChI is InChI=1S/C14H21N3/c1-12(2)11-17-14(15)16-10-6-9-13-7-4-3-5-8-13/h3-5,7-8H,1,6,9-11H2,2H3,(H3,15,16,17). The van der Waals surface area contributed by atoms with Crippen LogP contribution in [0.3, 0.4) is 0 Å². The number of aliphatic imine (C=N–C) groups is 1. The molecule has 0 saturated heterocycles. The van der Waals surface area contributed by atoms with E-state index in [1.54, 1.807) is 0 Å². The van der Waals surface area contributed by atoms with Crippen molar-refractivity contribution in [3.05, 3.63) is 48.0 Å². The van der Waals surface area contributed by atoms with Crippen molar-refractivity contribution in [2.45, 2.75) is 19.8 Å². The van der Waals surface area contributed by atoms with Crippen LogP contribution < -0.4 is 11.1 Å². The Hall–Kier alpha value is -1.77. The van der Waals surface area contributed by atoms with Crippen LogP contribution >= 0.6 is 0 Å². The summed E-state index contributed by atoms with van der Waals surface area (Å²) in [5.41, 5.74) is 8.07. The van der Waals surface area contributed by atoms with E-state index in [4.69, 9.17) is 5.73 Å². The molecule has 0 spiro atoms. The van der Waals surface area contributed by atoms with Crippen molar-refractivity contribution in [1.82, 2.24) is 5.32 Å². The van der Waals surface area contributed by atoms with E-state index in [1.807, 2.05) is 13.0 Å². The van der Waals surface area contributed by atoms with Crippen molar-refractivity contribution in [2.75, 3.05) is 13.1 Å². The number of nitrogens with one attached hydrogen (secondary N) is 1. The molecule has 0 aromatic heterocycles. The summed E-state index contributed by atoms with van der Waals surface area (Å²) in [5.74, 6) is 0.501. The van der Waals surface area contributed by atoms with Crippen molar-refractivity contribution < 1.29 is 0 Å². The van der Waals surface area contributed by atoms with Crippen LogP contribution in [0.1, 0.15) is 18.9 Å². The van der Waals surface area contributed by atoms with Crippen molar-refractivity contribution in [3.8, 4) is 0 Å². The van der Waals surface area contributed by atoms with Gasteiger partial charge in [0.25, 0.3) is 0 Å². The van der Waals surface area contributed by atoms with Gasteiger partial charge in [-0.15, -0.1) is 0 Å². The van der Waals surface area contributed by atoms with E-state index in [1.165, 1.54) is 5.56 Å². The van der Waals surface area contributed by atoms with E-state index in [2.05, 4.69) is 41.2 Å². The first kappa shape index (κ1) is 13.3. The smallest absolute Gasteiger partial charge is 0.188 e. The summed E-state index contributed by atoms with van der Waals surface area (Å²) in [5, 5.41) is 3.09. The van der Waals surface area contributed by atoms with Gasteiger partial charge in [-0.3, -0.25) is 0 Å². The quantitative estimate of drug-likeness (QED) is 0.341. The van der Waals surface area contributed by atoms with Gasteiger partial charge in [0.2, 0.25) is 0 Å². The van der Waals surface area contributed by atoms with E-state index in [9.17, 15) is 0 Å².